The number of carbonyl (C=O) groups is 3. The van der Waals surface area contributed by atoms with E-state index in [9.17, 15) is 14.4 Å². The molecule has 4 aliphatic rings. The van der Waals surface area contributed by atoms with E-state index in [0.29, 0.717) is 19.5 Å². The van der Waals surface area contributed by atoms with Gasteiger partial charge < -0.3 is 24.9 Å². The largest absolute Gasteiger partial charge is 0.442 e. The lowest BCUT2D eigenvalue weighted by molar-refractivity contribution is -0.133. The van der Waals surface area contributed by atoms with E-state index in [1.54, 1.807) is 16.0 Å². The lowest BCUT2D eigenvalue weighted by Gasteiger charge is -2.20. The Morgan fingerprint density at radius 2 is 2.00 bits per heavy atom. The predicted octanol–water partition coefficient (Wildman–Crippen LogP) is 1.33. The van der Waals surface area contributed by atoms with Gasteiger partial charge in [0.1, 0.15) is 18.4 Å². The second-order valence-corrected chi connectivity index (χ2v) is 9.88. The zero-order valence-corrected chi connectivity index (χ0v) is 19.7. The van der Waals surface area contributed by atoms with Crippen LogP contribution in [-0.2, 0) is 26.3 Å². The number of aliphatic hydroxyl groups excluding tert-OH is 1. The third-order valence-electron chi connectivity index (χ3n) is 8.05. The van der Waals surface area contributed by atoms with Gasteiger partial charge in [-0.2, -0.15) is 0 Å². The zero-order valence-electron chi connectivity index (χ0n) is 19.7. The number of likely N-dealkylation sites (tertiary alicyclic amines) is 1. The number of anilines is 1. The summed E-state index contributed by atoms with van der Waals surface area (Å²) in [7, 11) is 0. The number of aromatic nitrogens is 1. The summed E-state index contributed by atoms with van der Waals surface area (Å²) >= 11 is 0. The highest BCUT2D eigenvalue weighted by atomic mass is 16.6. The molecule has 0 bridgehead atoms. The van der Waals surface area contributed by atoms with Gasteiger partial charge in [0, 0.05) is 31.8 Å². The topological polar surface area (TPSA) is 116 Å². The number of pyridine rings is 1. The molecule has 0 unspecified atom stereocenters. The number of carbonyl (C=O) groups excluding carboxylic acids is 3. The molecule has 10 heteroatoms. The van der Waals surface area contributed by atoms with Crippen LogP contribution < -0.4 is 10.2 Å². The van der Waals surface area contributed by atoms with Gasteiger partial charge in [-0.05, 0) is 35.7 Å². The fourth-order valence-electron chi connectivity index (χ4n) is 6.19. The van der Waals surface area contributed by atoms with E-state index in [0.717, 1.165) is 28.1 Å². The Morgan fingerprint density at radius 1 is 1.25 bits per heavy atom. The van der Waals surface area contributed by atoms with Crippen molar-refractivity contribution in [3.63, 3.8) is 0 Å². The Kier molecular flexibility index (Phi) is 5.02. The molecule has 4 heterocycles. The highest BCUT2D eigenvalue weighted by molar-refractivity contribution is 5.94. The Labute approximate surface area is 207 Å². The molecule has 3 aliphatic heterocycles. The molecule has 2 saturated heterocycles. The van der Waals surface area contributed by atoms with Gasteiger partial charge in [0.05, 0.1) is 30.1 Å². The highest BCUT2D eigenvalue weighted by Crippen LogP contribution is 2.64. The molecule has 0 radical (unpaired) electrons. The number of hydrogen-bond donors (Lipinski definition) is 2. The minimum absolute atomic E-state index is 0.0440. The third kappa shape index (κ3) is 3.19. The number of cyclic esters (lactones) is 1. The Balaban J connectivity index is 1.20. The maximum absolute atomic E-state index is 12.5. The van der Waals surface area contributed by atoms with Crippen molar-refractivity contribution in [1.82, 2.24) is 15.2 Å². The number of nitrogens with zero attached hydrogens (tertiary/aromatic N) is 4. The van der Waals surface area contributed by atoms with Crippen LogP contribution in [-0.4, -0.2) is 71.3 Å². The number of benzene rings is 1. The minimum atomic E-state index is -0.698. The van der Waals surface area contributed by atoms with Crippen LogP contribution in [0.1, 0.15) is 18.2 Å². The normalized spacial score (nSPS) is 29.2. The lowest BCUT2D eigenvalue weighted by atomic mass is 9.99. The van der Waals surface area contributed by atoms with Gasteiger partial charge in [-0.25, -0.2) is 11.4 Å². The molecule has 1 aromatic heterocycles. The Bertz CT molecular complexity index is 1310. The molecule has 36 heavy (non-hydrogen) atoms. The van der Waals surface area contributed by atoms with Crippen molar-refractivity contribution in [3.8, 4) is 11.1 Å². The van der Waals surface area contributed by atoms with E-state index >= 15 is 0 Å². The molecule has 1 saturated carbocycles. The van der Waals surface area contributed by atoms with Crippen molar-refractivity contribution in [2.24, 2.45) is 11.8 Å². The quantitative estimate of drug-likeness (QED) is 0.615. The lowest BCUT2D eigenvalue weighted by Crippen LogP contribution is -2.40. The van der Waals surface area contributed by atoms with Gasteiger partial charge in [-0.3, -0.25) is 19.5 Å². The van der Waals surface area contributed by atoms with E-state index in [1.807, 2.05) is 24.3 Å². The number of piperidine rings is 1. The van der Waals surface area contributed by atoms with E-state index in [1.165, 1.54) is 6.92 Å². The monoisotopic (exact) mass is 487 g/mol. The van der Waals surface area contributed by atoms with Gasteiger partial charge in [0.25, 0.3) is 5.54 Å². The van der Waals surface area contributed by atoms with E-state index in [4.69, 9.17) is 16.4 Å². The molecule has 5 atom stereocenters. The molecule has 3 amide bonds. The second-order valence-electron chi connectivity index (χ2n) is 9.88. The molecule has 1 aliphatic carbocycles. The first-order valence-electron chi connectivity index (χ1n) is 12.0. The first-order chi connectivity index (χ1) is 17.4. The summed E-state index contributed by atoms with van der Waals surface area (Å²) in [6, 6.07) is 9.63. The summed E-state index contributed by atoms with van der Waals surface area (Å²) in [5.74, 6) is -0.370. The van der Waals surface area contributed by atoms with Gasteiger partial charge in [-0.1, -0.05) is 12.1 Å². The number of rotatable bonds is 5. The number of aliphatic hydroxyl groups is 1. The van der Waals surface area contributed by atoms with Crippen LogP contribution in [0.4, 0.5) is 10.5 Å². The highest BCUT2D eigenvalue weighted by Gasteiger charge is 2.78. The number of fused-ring (bicyclic) bond motifs is 4. The van der Waals surface area contributed by atoms with Crippen LogP contribution in [0, 0.1) is 18.4 Å². The van der Waals surface area contributed by atoms with Crippen molar-refractivity contribution >= 4 is 23.6 Å². The van der Waals surface area contributed by atoms with Gasteiger partial charge in [0.15, 0.2) is 0 Å². The molecule has 0 spiro atoms. The average molecular weight is 488 g/mol. The second kappa shape index (κ2) is 8.03. The van der Waals surface area contributed by atoms with Crippen LogP contribution in [0.3, 0.4) is 0 Å². The first-order valence-corrected chi connectivity index (χ1v) is 12.0. The van der Waals surface area contributed by atoms with Crippen LogP contribution in [0.2, 0.25) is 0 Å². The molecule has 10 nitrogen and oxygen atoms in total. The van der Waals surface area contributed by atoms with Crippen LogP contribution in [0.15, 0.2) is 36.5 Å². The molecule has 6 rings (SSSR count). The molecule has 2 aromatic rings. The average Bonchev–Trinajstić information content (AvgIpc) is 3.26. The summed E-state index contributed by atoms with van der Waals surface area (Å²) < 4.78 is 5.47. The summed E-state index contributed by atoms with van der Waals surface area (Å²) in [6.07, 6.45) is 1.62. The van der Waals surface area contributed by atoms with E-state index in [2.05, 4.69) is 21.2 Å². The van der Waals surface area contributed by atoms with Crippen molar-refractivity contribution in [2.45, 2.75) is 31.0 Å². The standard InChI is InChI=1S/C26H25N5O5/c1-14(33)28-10-22-21-8-17-7-15(3-5-20(17)31(21)25(35)36-22)16-4-6-23(29-9-16)26(27-2)18-11-30(12-19(18)26)24(34)13-32/h3-7,9,18-19,21-22,32H,8,10-13H2,1H3,(H,28,33)/t18-,19+,21-,22-,26-/m0/s1. The van der Waals surface area contributed by atoms with Gasteiger partial charge in [0.2, 0.25) is 11.8 Å². The summed E-state index contributed by atoms with van der Waals surface area (Å²) in [4.78, 5) is 47.5. The SMILES string of the molecule is [C-]#[N+][C@]1(c2ccc(-c3ccc4c(c3)C[C@H]3[C@H](CNC(C)=O)OC(=O)N43)cn2)[C@@H]2CN(C(=O)CO)C[C@@H]21. The number of amides is 3. The van der Waals surface area contributed by atoms with Crippen LogP contribution in [0.25, 0.3) is 16.0 Å². The maximum Gasteiger partial charge on any atom is 0.415 e. The molecule has 3 fully saturated rings. The Hall–Kier alpha value is -3.97. The molecular weight excluding hydrogens is 462 g/mol. The fraction of sp³-hybridized carbons (Fsp3) is 0.423. The first kappa shape index (κ1) is 22.5. The maximum atomic E-state index is 12.5. The molecular formula is C26H25N5O5. The summed E-state index contributed by atoms with van der Waals surface area (Å²) in [6.45, 7) is 10.0. The molecule has 1 aromatic carbocycles. The van der Waals surface area contributed by atoms with E-state index < -0.39 is 24.3 Å². The van der Waals surface area contributed by atoms with Crippen molar-refractivity contribution < 1.29 is 24.2 Å². The Morgan fingerprint density at radius 3 is 2.64 bits per heavy atom. The minimum Gasteiger partial charge on any atom is -0.442 e. The number of ether oxygens (including phenoxy) is 1. The van der Waals surface area contributed by atoms with Crippen LogP contribution >= 0.6 is 0 Å². The van der Waals surface area contributed by atoms with Crippen molar-refractivity contribution in [3.05, 3.63) is 59.2 Å². The predicted molar refractivity (Wildman–Crippen MR) is 128 cm³/mol. The van der Waals surface area contributed by atoms with Crippen molar-refractivity contribution in [2.75, 3.05) is 31.1 Å². The third-order valence-corrected chi connectivity index (χ3v) is 8.05. The summed E-state index contributed by atoms with van der Waals surface area (Å²) in [5.41, 5.74) is 3.76. The fourth-order valence-corrected chi connectivity index (χ4v) is 6.19. The number of nitrogens with one attached hydrogen (secondary N) is 1. The van der Waals surface area contributed by atoms with Gasteiger partial charge in [-0.15, -0.1) is 0 Å². The zero-order chi connectivity index (χ0) is 25.2. The number of hydrogen-bond acceptors (Lipinski definition) is 6. The smallest absolute Gasteiger partial charge is 0.415 e. The molecule has 184 valence electrons. The summed E-state index contributed by atoms with van der Waals surface area (Å²) in [5, 5.41) is 11.8. The van der Waals surface area contributed by atoms with Crippen LogP contribution in [0.5, 0.6) is 0 Å². The van der Waals surface area contributed by atoms with Crippen molar-refractivity contribution in [1.29, 1.82) is 0 Å². The van der Waals surface area contributed by atoms with Gasteiger partial charge >= 0.3 is 6.09 Å². The van der Waals surface area contributed by atoms with E-state index in [-0.39, 0.29) is 36.2 Å². The molecule has 2 N–H and O–H groups in total.